The summed E-state index contributed by atoms with van der Waals surface area (Å²) < 4.78 is 65.2. The molecule has 1 N–H and O–H groups in total. The van der Waals surface area contributed by atoms with Crippen molar-refractivity contribution in [3.05, 3.63) is 59.3 Å². The molecule has 29 heavy (non-hydrogen) atoms. The van der Waals surface area contributed by atoms with Gasteiger partial charge in [0.15, 0.2) is 11.6 Å². The second-order valence-electron chi connectivity index (χ2n) is 7.49. The van der Waals surface area contributed by atoms with E-state index in [0.29, 0.717) is 13.1 Å². The van der Waals surface area contributed by atoms with Gasteiger partial charge in [-0.25, -0.2) is 13.8 Å². The van der Waals surface area contributed by atoms with Gasteiger partial charge in [-0.2, -0.15) is 13.2 Å². The fourth-order valence-corrected chi connectivity index (χ4v) is 4.28. The topological polar surface area (TPSA) is 45.2 Å². The Bertz CT molecular complexity index is 933. The maximum absolute atomic E-state index is 13.4. The number of carbonyl (C=O) groups excluding carboxylic acids is 1. The van der Waals surface area contributed by atoms with Crippen molar-refractivity contribution in [2.24, 2.45) is 11.8 Å². The number of anilines is 1. The Hall–Kier alpha value is -2.71. The fraction of sp³-hybridized carbons (Fsp3) is 0.400. The number of alkyl halides is 3. The van der Waals surface area contributed by atoms with Crippen LogP contribution in [0.3, 0.4) is 0 Å². The molecule has 3 atom stereocenters. The molecule has 0 bridgehead atoms. The van der Waals surface area contributed by atoms with Gasteiger partial charge in [0.25, 0.3) is 5.91 Å². The SMILES string of the molecule is O=C(N[C@H]1CC[C@@H]2CN(c3cccc(C(F)(F)F)n3)C[C@@H]21)c1ccc(F)c(F)c1. The Balaban J connectivity index is 1.45. The lowest BCUT2D eigenvalue weighted by Crippen LogP contribution is -2.39. The first kappa shape index (κ1) is 19.6. The molecule has 1 amide bonds. The number of amides is 1. The predicted octanol–water partition coefficient (Wildman–Crippen LogP) is 4.02. The first-order chi connectivity index (χ1) is 13.7. The van der Waals surface area contributed by atoms with E-state index in [1.165, 1.54) is 12.1 Å². The van der Waals surface area contributed by atoms with E-state index in [4.69, 9.17) is 0 Å². The normalized spacial score (nSPS) is 23.9. The van der Waals surface area contributed by atoms with E-state index in [-0.39, 0.29) is 29.3 Å². The van der Waals surface area contributed by atoms with Crippen LogP contribution in [0.1, 0.15) is 28.9 Å². The lowest BCUT2D eigenvalue weighted by atomic mass is 9.97. The molecule has 2 heterocycles. The van der Waals surface area contributed by atoms with Gasteiger partial charge >= 0.3 is 6.18 Å². The molecule has 1 aromatic carbocycles. The summed E-state index contributed by atoms with van der Waals surface area (Å²) in [6.45, 7) is 1.04. The summed E-state index contributed by atoms with van der Waals surface area (Å²) in [5, 5.41) is 2.87. The van der Waals surface area contributed by atoms with Crippen LogP contribution < -0.4 is 10.2 Å². The van der Waals surface area contributed by atoms with E-state index < -0.39 is 29.4 Å². The predicted molar refractivity (Wildman–Crippen MR) is 95.3 cm³/mol. The molecule has 2 aromatic rings. The molecule has 0 radical (unpaired) electrons. The summed E-state index contributed by atoms with van der Waals surface area (Å²) in [7, 11) is 0. The third-order valence-corrected chi connectivity index (χ3v) is 5.70. The second-order valence-corrected chi connectivity index (χ2v) is 7.49. The summed E-state index contributed by atoms with van der Waals surface area (Å²) in [5.74, 6) is -2.07. The largest absolute Gasteiger partial charge is 0.433 e. The lowest BCUT2D eigenvalue weighted by molar-refractivity contribution is -0.141. The smallest absolute Gasteiger partial charge is 0.356 e. The summed E-state index contributed by atoms with van der Waals surface area (Å²) in [6, 6.07) is 6.60. The first-order valence-corrected chi connectivity index (χ1v) is 9.27. The molecule has 154 valence electrons. The van der Waals surface area contributed by atoms with Crippen LogP contribution in [0.15, 0.2) is 36.4 Å². The molecule has 1 aliphatic heterocycles. The van der Waals surface area contributed by atoms with E-state index in [9.17, 15) is 26.7 Å². The summed E-state index contributed by atoms with van der Waals surface area (Å²) in [5.41, 5.74) is -0.906. The van der Waals surface area contributed by atoms with Crippen molar-refractivity contribution in [3.8, 4) is 0 Å². The molecule has 1 saturated carbocycles. The number of rotatable bonds is 3. The van der Waals surface area contributed by atoms with Gasteiger partial charge in [0.05, 0.1) is 0 Å². The molecule has 0 spiro atoms. The monoisotopic (exact) mass is 411 g/mol. The van der Waals surface area contributed by atoms with Gasteiger partial charge < -0.3 is 10.2 Å². The van der Waals surface area contributed by atoms with Crippen molar-refractivity contribution >= 4 is 11.7 Å². The zero-order valence-electron chi connectivity index (χ0n) is 15.2. The lowest BCUT2D eigenvalue weighted by Gasteiger charge is -2.23. The van der Waals surface area contributed by atoms with Gasteiger partial charge in [0.2, 0.25) is 0 Å². The van der Waals surface area contributed by atoms with E-state index in [1.54, 1.807) is 11.0 Å². The fourth-order valence-electron chi connectivity index (χ4n) is 4.28. The van der Waals surface area contributed by atoms with Crippen LogP contribution in [0.4, 0.5) is 27.8 Å². The molecular formula is C20H18F5N3O. The second kappa shape index (κ2) is 7.27. The third-order valence-electron chi connectivity index (χ3n) is 5.70. The molecule has 2 aliphatic rings. The maximum Gasteiger partial charge on any atom is 0.433 e. The molecule has 0 unspecified atom stereocenters. The van der Waals surface area contributed by atoms with Crippen molar-refractivity contribution in [1.29, 1.82) is 0 Å². The summed E-state index contributed by atoms with van der Waals surface area (Å²) in [6.07, 6.45) is -2.95. The molecule has 1 saturated heterocycles. The highest BCUT2D eigenvalue weighted by Gasteiger charge is 2.44. The minimum Gasteiger partial charge on any atom is -0.356 e. The molecule has 4 rings (SSSR count). The molecule has 4 nitrogen and oxygen atoms in total. The Labute approximate surface area is 163 Å². The van der Waals surface area contributed by atoms with Crippen molar-refractivity contribution in [1.82, 2.24) is 10.3 Å². The summed E-state index contributed by atoms with van der Waals surface area (Å²) >= 11 is 0. The van der Waals surface area contributed by atoms with E-state index in [2.05, 4.69) is 10.3 Å². The number of hydrogen-bond donors (Lipinski definition) is 1. The Morgan fingerprint density at radius 2 is 1.86 bits per heavy atom. The van der Waals surface area contributed by atoms with Crippen molar-refractivity contribution in [3.63, 3.8) is 0 Å². The molecule has 1 aliphatic carbocycles. The van der Waals surface area contributed by atoms with Crippen LogP contribution in [-0.2, 0) is 6.18 Å². The highest BCUT2D eigenvalue weighted by molar-refractivity contribution is 5.94. The number of nitrogens with zero attached hydrogens (tertiary/aromatic N) is 2. The zero-order chi connectivity index (χ0) is 20.8. The van der Waals surface area contributed by atoms with Crippen molar-refractivity contribution in [2.45, 2.75) is 25.1 Å². The van der Waals surface area contributed by atoms with Gasteiger partial charge in [-0.05, 0) is 49.1 Å². The first-order valence-electron chi connectivity index (χ1n) is 9.27. The Morgan fingerprint density at radius 1 is 1.07 bits per heavy atom. The average Bonchev–Trinajstić information content (AvgIpc) is 3.25. The highest BCUT2D eigenvalue weighted by Crippen LogP contribution is 2.40. The van der Waals surface area contributed by atoms with E-state index in [1.807, 2.05) is 0 Å². The maximum atomic E-state index is 13.4. The van der Waals surface area contributed by atoms with Crippen LogP contribution in [0, 0.1) is 23.5 Å². The Morgan fingerprint density at radius 3 is 2.59 bits per heavy atom. The van der Waals surface area contributed by atoms with Crippen LogP contribution in [-0.4, -0.2) is 30.0 Å². The number of hydrogen-bond acceptors (Lipinski definition) is 3. The average molecular weight is 411 g/mol. The van der Waals surface area contributed by atoms with Crippen molar-refractivity contribution in [2.75, 3.05) is 18.0 Å². The number of aromatic nitrogens is 1. The standard InChI is InChI=1S/C20H18F5N3O/c21-14-6-4-11(8-15(14)22)19(29)26-16-7-5-12-9-28(10-13(12)16)18-3-1-2-17(27-18)20(23,24)25/h1-4,6,8,12-13,16H,5,7,9-10H2,(H,26,29)/t12-,13+,16+/m1/s1. The molecule has 9 heteroatoms. The number of fused-ring (bicyclic) bond motifs is 1. The number of nitrogens with one attached hydrogen (secondary N) is 1. The molecule has 1 aromatic heterocycles. The highest BCUT2D eigenvalue weighted by atomic mass is 19.4. The van der Waals surface area contributed by atoms with Crippen LogP contribution in [0.25, 0.3) is 0 Å². The summed E-state index contributed by atoms with van der Waals surface area (Å²) in [4.78, 5) is 18.0. The van der Waals surface area contributed by atoms with Crippen LogP contribution in [0.5, 0.6) is 0 Å². The van der Waals surface area contributed by atoms with Crippen molar-refractivity contribution < 1.29 is 26.7 Å². The molecular weight excluding hydrogens is 393 g/mol. The molecule has 2 fully saturated rings. The minimum absolute atomic E-state index is 0.0294. The number of pyridine rings is 1. The van der Waals surface area contributed by atoms with Gasteiger partial charge in [-0.3, -0.25) is 4.79 Å². The van der Waals surface area contributed by atoms with Crippen LogP contribution in [0.2, 0.25) is 0 Å². The number of halogens is 5. The Kier molecular flexibility index (Phi) is 4.92. The number of carbonyl (C=O) groups is 1. The van der Waals surface area contributed by atoms with E-state index in [0.717, 1.165) is 31.0 Å². The van der Waals surface area contributed by atoms with Gasteiger partial charge in [-0.1, -0.05) is 6.07 Å². The number of benzene rings is 1. The third kappa shape index (κ3) is 3.90. The van der Waals surface area contributed by atoms with E-state index >= 15 is 0 Å². The quantitative estimate of drug-likeness (QED) is 0.776. The van der Waals surface area contributed by atoms with Gasteiger partial charge in [-0.15, -0.1) is 0 Å². The van der Waals surface area contributed by atoms with Gasteiger partial charge in [0.1, 0.15) is 11.5 Å². The van der Waals surface area contributed by atoms with Gasteiger partial charge in [0, 0.05) is 30.6 Å². The minimum atomic E-state index is -4.51. The zero-order valence-corrected chi connectivity index (χ0v) is 15.2. The van der Waals surface area contributed by atoms with Crippen LogP contribution >= 0.6 is 0 Å².